The second-order valence-electron chi connectivity index (χ2n) is 10.3. The second kappa shape index (κ2) is 9.55. The number of carbonyl (C=O) groups is 1. The normalized spacial score (nSPS) is 18.2. The first-order valence-corrected chi connectivity index (χ1v) is 12.1. The van der Waals surface area contributed by atoms with Crippen LogP contribution >= 0.6 is 0 Å². The molecular weight excluding hydrogens is 518 g/mol. The smallest absolute Gasteiger partial charge is 0.487 e. The molecule has 0 radical (unpaired) electrons. The molecule has 1 N–H and O–H groups in total. The van der Waals surface area contributed by atoms with Gasteiger partial charge in [-0.2, -0.15) is 0 Å². The van der Waals surface area contributed by atoms with E-state index in [1.165, 1.54) is 30.3 Å². The summed E-state index contributed by atoms with van der Waals surface area (Å²) in [6, 6.07) is 11.8. The van der Waals surface area contributed by atoms with Gasteiger partial charge in [0.05, 0.1) is 17.1 Å². The summed E-state index contributed by atoms with van der Waals surface area (Å²) in [5.41, 5.74) is 2.03. The van der Waals surface area contributed by atoms with E-state index in [9.17, 15) is 23.1 Å². The Morgan fingerprint density at radius 3 is 2.41 bits per heavy atom. The standard InChI is InChI=1S/C28H25F4N3O4/c1-15-4-7-17(33-12-15)14-38-19-10-20(29)24-21(11-19)35(25(34-24)22-23(26(36)37)27(22,2)3)13-16-5-8-18(9-6-16)39-28(30,31)32/h4-12,22-23H,13-14H2,1-3H3,(H,36,37)/t22-,23+/m0/s1. The number of benzene rings is 2. The summed E-state index contributed by atoms with van der Waals surface area (Å²) in [4.78, 5) is 20.7. The molecule has 0 unspecified atom stereocenters. The third-order valence-electron chi connectivity index (χ3n) is 7.04. The maximum atomic E-state index is 15.3. The molecule has 0 bridgehead atoms. The SMILES string of the molecule is Cc1ccc(COc2cc(F)c3nc([C@@H]4[C@H](C(=O)O)C4(C)C)n(Cc4ccc(OC(F)(F)F)cc4)c3c2)nc1. The number of aryl methyl sites for hydroxylation is 1. The molecule has 2 aromatic heterocycles. The summed E-state index contributed by atoms with van der Waals surface area (Å²) in [5, 5.41) is 9.75. The van der Waals surface area contributed by atoms with Gasteiger partial charge in [0.1, 0.15) is 29.4 Å². The number of carboxylic acids is 1. The van der Waals surface area contributed by atoms with Gasteiger partial charge < -0.3 is 19.1 Å². The van der Waals surface area contributed by atoms with Gasteiger partial charge in [-0.25, -0.2) is 9.37 Å². The van der Waals surface area contributed by atoms with E-state index in [2.05, 4.69) is 14.7 Å². The fourth-order valence-corrected chi connectivity index (χ4v) is 4.96. The average molecular weight is 544 g/mol. The number of halogens is 4. The number of alkyl halides is 3. The van der Waals surface area contributed by atoms with Crippen molar-refractivity contribution in [1.82, 2.24) is 14.5 Å². The Morgan fingerprint density at radius 1 is 1.10 bits per heavy atom. The van der Waals surface area contributed by atoms with E-state index in [-0.39, 0.29) is 30.2 Å². The third-order valence-corrected chi connectivity index (χ3v) is 7.04. The lowest BCUT2D eigenvalue weighted by atomic mass is 10.1. The number of ether oxygens (including phenoxy) is 2. The molecule has 0 amide bonds. The van der Waals surface area contributed by atoms with Gasteiger partial charge in [-0.1, -0.05) is 32.0 Å². The Labute approximate surface area is 221 Å². The Hall–Kier alpha value is -4.15. The zero-order valence-corrected chi connectivity index (χ0v) is 21.3. The lowest BCUT2D eigenvalue weighted by Gasteiger charge is -2.13. The monoisotopic (exact) mass is 543 g/mol. The molecule has 1 aliphatic carbocycles. The van der Waals surface area contributed by atoms with Crippen molar-refractivity contribution in [2.24, 2.45) is 11.3 Å². The number of aliphatic carboxylic acids is 1. The van der Waals surface area contributed by atoms with Crippen LogP contribution < -0.4 is 9.47 Å². The van der Waals surface area contributed by atoms with Gasteiger partial charge >= 0.3 is 12.3 Å². The van der Waals surface area contributed by atoms with E-state index in [1.807, 2.05) is 26.8 Å². The van der Waals surface area contributed by atoms with Gasteiger partial charge in [-0.3, -0.25) is 9.78 Å². The highest BCUT2D eigenvalue weighted by atomic mass is 19.4. The zero-order valence-electron chi connectivity index (χ0n) is 21.3. The van der Waals surface area contributed by atoms with E-state index < -0.39 is 35.4 Å². The van der Waals surface area contributed by atoms with Crippen molar-refractivity contribution in [3.8, 4) is 11.5 Å². The lowest BCUT2D eigenvalue weighted by molar-refractivity contribution is -0.274. The van der Waals surface area contributed by atoms with Crippen LogP contribution in [-0.2, 0) is 17.9 Å². The molecule has 39 heavy (non-hydrogen) atoms. The van der Waals surface area contributed by atoms with Gasteiger partial charge in [-0.15, -0.1) is 13.2 Å². The summed E-state index contributed by atoms with van der Waals surface area (Å²) in [7, 11) is 0. The van der Waals surface area contributed by atoms with E-state index in [0.29, 0.717) is 22.6 Å². The van der Waals surface area contributed by atoms with Gasteiger partial charge in [0, 0.05) is 30.8 Å². The minimum absolute atomic E-state index is 0.0506. The van der Waals surface area contributed by atoms with E-state index >= 15 is 4.39 Å². The van der Waals surface area contributed by atoms with Crippen molar-refractivity contribution in [3.63, 3.8) is 0 Å². The van der Waals surface area contributed by atoms with Crippen LogP contribution in [0, 0.1) is 24.1 Å². The summed E-state index contributed by atoms with van der Waals surface area (Å²) in [6.07, 6.45) is -3.12. The van der Waals surface area contributed by atoms with E-state index in [4.69, 9.17) is 4.74 Å². The number of hydrogen-bond acceptors (Lipinski definition) is 5. The molecular formula is C28H25F4N3O4. The van der Waals surface area contributed by atoms with Crippen LogP contribution in [0.3, 0.4) is 0 Å². The van der Waals surface area contributed by atoms with E-state index in [0.717, 1.165) is 5.56 Å². The Morgan fingerprint density at radius 2 is 1.82 bits per heavy atom. The Balaban J connectivity index is 1.53. The van der Waals surface area contributed by atoms with Crippen LogP contribution in [0.1, 0.15) is 42.4 Å². The highest BCUT2D eigenvalue weighted by Crippen LogP contribution is 2.64. The van der Waals surface area contributed by atoms with Crippen LogP contribution in [0.2, 0.25) is 0 Å². The van der Waals surface area contributed by atoms with Gasteiger partial charge in [-0.05, 0) is 41.7 Å². The van der Waals surface area contributed by atoms with Crippen LogP contribution in [0.15, 0.2) is 54.7 Å². The number of rotatable bonds is 8. The summed E-state index contributed by atoms with van der Waals surface area (Å²) in [6.45, 7) is 5.74. The van der Waals surface area contributed by atoms with Crippen molar-refractivity contribution >= 4 is 17.0 Å². The number of imidazole rings is 1. The molecule has 2 heterocycles. The molecule has 0 saturated heterocycles. The molecule has 7 nitrogen and oxygen atoms in total. The number of fused-ring (bicyclic) bond motifs is 1. The van der Waals surface area contributed by atoms with Crippen molar-refractivity contribution in [2.75, 3.05) is 0 Å². The van der Waals surface area contributed by atoms with E-state index in [1.54, 1.807) is 22.9 Å². The fraction of sp³-hybridized carbons (Fsp3) is 0.321. The van der Waals surface area contributed by atoms with Gasteiger partial charge in [0.2, 0.25) is 0 Å². The second-order valence-corrected chi connectivity index (χ2v) is 10.3. The molecule has 204 valence electrons. The molecule has 1 saturated carbocycles. The van der Waals surface area contributed by atoms with Crippen LogP contribution in [0.25, 0.3) is 11.0 Å². The lowest BCUT2D eigenvalue weighted by Crippen LogP contribution is -2.17. The van der Waals surface area contributed by atoms with Crippen molar-refractivity contribution in [1.29, 1.82) is 0 Å². The van der Waals surface area contributed by atoms with Crippen LogP contribution in [0.4, 0.5) is 17.6 Å². The number of carboxylic acid groups (broad SMARTS) is 1. The van der Waals surface area contributed by atoms with Crippen LogP contribution in [-0.4, -0.2) is 32.0 Å². The molecule has 5 rings (SSSR count). The highest BCUT2D eigenvalue weighted by Gasteiger charge is 2.64. The number of pyridine rings is 1. The largest absolute Gasteiger partial charge is 0.573 e. The summed E-state index contributed by atoms with van der Waals surface area (Å²) >= 11 is 0. The summed E-state index contributed by atoms with van der Waals surface area (Å²) < 4.78 is 64.5. The first-order valence-electron chi connectivity index (χ1n) is 12.1. The number of aromatic nitrogens is 3. The summed E-state index contributed by atoms with van der Waals surface area (Å²) in [5.74, 6) is -2.59. The highest BCUT2D eigenvalue weighted by molar-refractivity contribution is 5.81. The molecule has 2 aromatic carbocycles. The zero-order chi connectivity index (χ0) is 28.1. The minimum atomic E-state index is -4.82. The number of nitrogens with zero attached hydrogens (tertiary/aromatic N) is 3. The molecule has 0 spiro atoms. The topological polar surface area (TPSA) is 86.5 Å². The molecule has 11 heteroatoms. The molecule has 0 aliphatic heterocycles. The fourth-order valence-electron chi connectivity index (χ4n) is 4.96. The van der Waals surface area contributed by atoms with Gasteiger partial charge in [0.15, 0.2) is 5.82 Å². The van der Waals surface area contributed by atoms with Crippen LogP contribution in [0.5, 0.6) is 11.5 Å². The molecule has 1 fully saturated rings. The van der Waals surface area contributed by atoms with Crippen molar-refractivity contribution in [2.45, 2.75) is 46.2 Å². The Kier molecular flexibility index (Phi) is 6.48. The van der Waals surface area contributed by atoms with Crippen molar-refractivity contribution in [3.05, 3.63) is 83.2 Å². The Bertz CT molecular complexity index is 1530. The maximum Gasteiger partial charge on any atom is 0.573 e. The predicted octanol–water partition coefficient (Wildman–Crippen LogP) is 6.23. The first-order chi connectivity index (χ1) is 18.3. The number of hydrogen-bond donors (Lipinski definition) is 1. The third kappa shape index (κ3) is 5.39. The maximum absolute atomic E-state index is 15.3. The average Bonchev–Trinajstić information content (AvgIpc) is 3.26. The molecule has 4 aromatic rings. The van der Waals surface area contributed by atoms with Gasteiger partial charge in [0.25, 0.3) is 0 Å². The molecule has 1 aliphatic rings. The first kappa shape index (κ1) is 26.5. The quantitative estimate of drug-likeness (QED) is 0.265. The van der Waals surface area contributed by atoms with Crippen molar-refractivity contribution < 1.29 is 36.9 Å². The predicted molar refractivity (Wildman–Crippen MR) is 133 cm³/mol. The molecule has 2 atom stereocenters. The minimum Gasteiger partial charge on any atom is -0.487 e.